The van der Waals surface area contributed by atoms with Gasteiger partial charge in [-0.2, -0.15) is 11.3 Å². The molecule has 0 aliphatic heterocycles. The van der Waals surface area contributed by atoms with Crippen molar-refractivity contribution in [2.45, 2.75) is 38.8 Å². The molecule has 0 amide bonds. The lowest BCUT2D eigenvalue weighted by Crippen LogP contribution is -2.24. The van der Waals surface area contributed by atoms with E-state index in [2.05, 4.69) is 66.3 Å². The number of benzene rings is 1. The summed E-state index contributed by atoms with van der Waals surface area (Å²) in [6.07, 6.45) is 2.38. The molecule has 2 rings (SSSR count). The first-order valence-electron chi connectivity index (χ1n) is 6.64. The Bertz CT molecular complexity index is 435. The van der Waals surface area contributed by atoms with Crippen molar-refractivity contribution in [1.29, 1.82) is 0 Å². The highest BCUT2D eigenvalue weighted by Crippen LogP contribution is 2.24. The monoisotopic (exact) mass is 259 g/mol. The van der Waals surface area contributed by atoms with E-state index in [4.69, 9.17) is 0 Å². The molecular formula is C16H21NS. The lowest BCUT2D eigenvalue weighted by Gasteiger charge is -2.23. The van der Waals surface area contributed by atoms with Gasteiger partial charge in [0.05, 0.1) is 0 Å². The molecule has 2 atom stereocenters. The second-order valence-corrected chi connectivity index (χ2v) is 5.48. The van der Waals surface area contributed by atoms with Gasteiger partial charge in [-0.15, -0.1) is 0 Å². The van der Waals surface area contributed by atoms with Crippen LogP contribution in [-0.2, 0) is 0 Å². The summed E-state index contributed by atoms with van der Waals surface area (Å²) in [4.78, 5) is 0. The molecule has 1 N–H and O–H groups in total. The summed E-state index contributed by atoms with van der Waals surface area (Å²) in [5.41, 5.74) is 2.78. The maximum atomic E-state index is 3.74. The summed E-state index contributed by atoms with van der Waals surface area (Å²) in [5, 5.41) is 8.11. The van der Waals surface area contributed by atoms with Crippen LogP contribution in [0.4, 0.5) is 0 Å². The first kappa shape index (κ1) is 13.3. The highest BCUT2D eigenvalue weighted by molar-refractivity contribution is 7.07. The molecule has 18 heavy (non-hydrogen) atoms. The van der Waals surface area contributed by atoms with E-state index in [1.807, 2.05) is 0 Å². The van der Waals surface area contributed by atoms with Crippen molar-refractivity contribution in [2.75, 3.05) is 0 Å². The topological polar surface area (TPSA) is 12.0 Å². The second-order valence-electron chi connectivity index (χ2n) is 4.70. The summed E-state index contributed by atoms with van der Waals surface area (Å²) in [6.45, 7) is 4.49. The third-order valence-corrected chi connectivity index (χ3v) is 3.98. The van der Waals surface area contributed by atoms with Gasteiger partial charge in [0.1, 0.15) is 0 Å². The Labute approximate surface area is 114 Å². The van der Waals surface area contributed by atoms with E-state index in [9.17, 15) is 0 Å². The Morgan fingerprint density at radius 3 is 2.50 bits per heavy atom. The van der Waals surface area contributed by atoms with Crippen LogP contribution in [0.3, 0.4) is 0 Å². The molecule has 1 aromatic carbocycles. The Morgan fingerprint density at radius 1 is 1.11 bits per heavy atom. The fourth-order valence-corrected chi connectivity index (χ4v) is 2.99. The Morgan fingerprint density at radius 2 is 1.89 bits per heavy atom. The van der Waals surface area contributed by atoms with Crippen LogP contribution in [0.1, 0.15) is 49.9 Å². The largest absolute Gasteiger partial charge is 0.303 e. The molecule has 0 fully saturated rings. The first-order valence-corrected chi connectivity index (χ1v) is 7.58. The summed E-state index contributed by atoms with van der Waals surface area (Å²) in [6, 6.07) is 13.8. The van der Waals surface area contributed by atoms with Gasteiger partial charge in [-0.05, 0) is 41.3 Å². The molecular weight excluding hydrogens is 238 g/mol. The predicted octanol–water partition coefficient (Wildman–Crippen LogP) is 4.94. The smallest absolute Gasteiger partial charge is 0.0325 e. The van der Waals surface area contributed by atoms with Gasteiger partial charge in [0, 0.05) is 12.1 Å². The highest BCUT2D eigenvalue weighted by atomic mass is 32.1. The maximum absolute atomic E-state index is 3.74. The van der Waals surface area contributed by atoms with Crippen LogP contribution in [-0.4, -0.2) is 0 Å². The normalized spacial score (nSPS) is 14.3. The molecule has 0 spiro atoms. The van der Waals surface area contributed by atoms with E-state index in [1.165, 1.54) is 24.0 Å². The minimum atomic E-state index is 0.410. The van der Waals surface area contributed by atoms with Crippen molar-refractivity contribution >= 4 is 11.3 Å². The molecule has 0 saturated heterocycles. The minimum absolute atomic E-state index is 0.410. The summed E-state index contributed by atoms with van der Waals surface area (Å²) < 4.78 is 0. The first-order chi connectivity index (χ1) is 8.81. The summed E-state index contributed by atoms with van der Waals surface area (Å²) in [7, 11) is 0. The lowest BCUT2D eigenvalue weighted by molar-refractivity contribution is 0.440. The zero-order valence-electron chi connectivity index (χ0n) is 11.1. The van der Waals surface area contributed by atoms with Gasteiger partial charge in [-0.25, -0.2) is 0 Å². The molecule has 0 aliphatic carbocycles. The summed E-state index contributed by atoms with van der Waals surface area (Å²) in [5.74, 6) is 0. The Kier molecular flexibility index (Phi) is 4.97. The van der Waals surface area contributed by atoms with Crippen molar-refractivity contribution < 1.29 is 0 Å². The van der Waals surface area contributed by atoms with Crippen LogP contribution in [0.25, 0.3) is 0 Å². The molecule has 0 radical (unpaired) electrons. The molecule has 2 heteroatoms. The molecule has 96 valence electrons. The molecule has 2 unspecified atom stereocenters. The van der Waals surface area contributed by atoms with E-state index in [1.54, 1.807) is 11.3 Å². The summed E-state index contributed by atoms with van der Waals surface area (Å²) >= 11 is 1.76. The standard InChI is InChI=1S/C16H21NS/c1-3-7-16(14-8-5-4-6-9-14)17-13(2)15-10-11-18-12-15/h4-6,8-13,16-17H,3,7H2,1-2H3. The zero-order chi connectivity index (χ0) is 12.8. The van der Waals surface area contributed by atoms with Crippen LogP contribution in [0, 0.1) is 0 Å². The van der Waals surface area contributed by atoms with E-state index in [0.29, 0.717) is 12.1 Å². The average molecular weight is 259 g/mol. The number of hydrogen-bond donors (Lipinski definition) is 1. The number of thiophene rings is 1. The minimum Gasteiger partial charge on any atom is -0.303 e. The quantitative estimate of drug-likeness (QED) is 0.774. The van der Waals surface area contributed by atoms with Crippen LogP contribution in [0.15, 0.2) is 47.2 Å². The van der Waals surface area contributed by atoms with Crippen molar-refractivity contribution in [3.8, 4) is 0 Å². The van der Waals surface area contributed by atoms with E-state index in [0.717, 1.165) is 0 Å². The number of nitrogens with one attached hydrogen (secondary N) is 1. The zero-order valence-corrected chi connectivity index (χ0v) is 11.9. The van der Waals surface area contributed by atoms with Crippen LogP contribution < -0.4 is 5.32 Å². The van der Waals surface area contributed by atoms with Gasteiger partial charge in [0.25, 0.3) is 0 Å². The van der Waals surface area contributed by atoms with E-state index >= 15 is 0 Å². The van der Waals surface area contributed by atoms with Crippen LogP contribution in [0.2, 0.25) is 0 Å². The van der Waals surface area contributed by atoms with Crippen molar-refractivity contribution in [3.63, 3.8) is 0 Å². The molecule has 0 aliphatic rings. The van der Waals surface area contributed by atoms with Crippen LogP contribution in [0.5, 0.6) is 0 Å². The van der Waals surface area contributed by atoms with Gasteiger partial charge in [0.2, 0.25) is 0 Å². The van der Waals surface area contributed by atoms with Crippen LogP contribution >= 0.6 is 11.3 Å². The Balaban J connectivity index is 2.07. The predicted molar refractivity (Wildman–Crippen MR) is 80.0 cm³/mol. The van der Waals surface area contributed by atoms with Crippen molar-refractivity contribution in [2.24, 2.45) is 0 Å². The molecule has 0 bridgehead atoms. The van der Waals surface area contributed by atoms with Gasteiger partial charge in [-0.3, -0.25) is 0 Å². The van der Waals surface area contributed by atoms with Gasteiger partial charge in [-0.1, -0.05) is 43.7 Å². The number of hydrogen-bond acceptors (Lipinski definition) is 2. The van der Waals surface area contributed by atoms with Gasteiger partial charge < -0.3 is 5.32 Å². The molecule has 1 nitrogen and oxygen atoms in total. The fourth-order valence-electron chi connectivity index (χ4n) is 2.24. The molecule has 0 saturated carbocycles. The second kappa shape index (κ2) is 6.72. The number of rotatable bonds is 6. The van der Waals surface area contributed by atoms with Gasteiger partial charge in [0.15, 0.2) is 0 Å². The Hall–Kier alpha value is -1.12. The SMILES string of the molecule is CCCC(NC(C)c1ccsc1)c1ccccc1. The third kappa shape index (κ3) is 3.44. The molecule has 1 aromatic heterocycles. The molecule has 2 aromatic rings. The third-order valence-electron chi connectivity index (χ3n) is 3.27. The van der Waals surface area contributed by atoms with E-state index in [-0.39, 0.29) is 0 Å². The molecule has 1 heterocycles. The van der Waals surface area contributed by atoms with Crippen molar-refractivity contribution in [1.82, 2.24) is 5.32 Å². The maximum Gasteiger partial charge on any atom is 0.0325 e. The highest BCUT2D eigenvalue weighted by Gasteiger charge is 2.14. The van der Waals surface area contributed by atoms with E-state index < -0.39 is 0 Å². The lowest BCUT2D eigenvalue weighted by atomic mass is 10.0. The average Bonchev–Trinajstić information content (AvgIpc) is 2.93. The van der Waals surface area contributed by atoms with Gasteiger partial charge >= 0.3 is 0 Å². The van der Waals surface area contributed by atoms with Crippen molar-refractivity contribution in [3.05, 3.63) is 58.3 Å². The fraction of sp³-hybridized carbons (Fsp3) is 0.375.